The first-order valence-electron chi connectivity index (χ1n) is 8.95. The van der Waals surface area contributed by atoms with Crippen LogP contribution in [-0.2, 0) is 9.59 Å². The van der Waals surface area contributed by atoms with Crippen LogP contribution >= 0.6 is 0 Å². The number of likely N-dealkylation sites (N-methyl/N-ethyl adjacent to an activating group) is 1. The molecule has 2 saturated heterocycles. The number of rotatable bonds is 2. The third kappa shape index (κ3) is 3.85. The van der Waals surface area contributed by atoms with Crippen molar-refractivity contribution < 1.29 is 14.3 Å². The van der Waals surface area contributed by atoms with Crippen LogP contribution in [0.4, 0.5) is 11.4 Å². The van der Waals surface area contributed by atoms with Gasteiger partial charge in [0.15, 0.2) is 0 Å². The average molecular weight is 361 g/mol. The molecule has 0 aromatic heterocycles. The highest BCUT2D eigenvalue weighted by molar-refractivity contribution is 6.35. The molecule has 142 valence electrons. The number of carbonyl (C=O) groups excluding carboxylic acids is 2. The number of nitrogen functional groups attached to an aromatic ring is 1. The summed E-state index contributed by atoms with van der Waals surface area (Å²) in [6, 6.07) is 5.68. The van der Waals surface area contributed by atoms with E-state index in [0.717, 1.165) is 18.8 Å². The molecule has 2 aliphatic rings. The SMILES string of the molecule is COc1cc(N2CCN(C(=O)C(=O)N3CCN(C)CC3)CC2)ccc1N. The quantitative estimate of drug-likeness (QED) is 0.575. The van der Waals surface area contributed by atoms with Gasteiger partial charge in [-0.1, -0.05) is 0 Å². The molecule has 1 aromatic carbocycles. The molecule has 8 nitrogen and oxygen atoms in total. The zero-order valence-electron chi connectivity index (χ0n) is 15.5. The maximum absolute atomic E-state index is 12.5. The fourth-order valence-corrected chi connectivity index (χ4v) is 3.34. The van der Waals surface area contributed by atoms with Gasteiger partial charge >= 0.3 is 11.8 Å². The predicted octanol–water partition coefficient (Wildman–Crippen LogP) is -0.300. The highest BCUT2D eigenvalue weighted by Gasteiger charge is 2.31. The molecule has 2 fully saturated rings. The topological polar surface area (TPSA) is 82.4 Å². The van der Waals surface area contributed by atoms with E-state index in [2.05, 4.69) is 9.80 Å². The summed E-state index contributed by atoms with van der Waals surface area (Å²) in [5.41, 5.74) is 7.47. The van der Waals surface area contributed by atoms with E-state index >= 15 is 0 Å². The highest BCUT2D eigenvalue weighted by atomic mass is 16.5. The third-order valence-electron chi connectivity index (χ3n) is 5.12. The van der Waals surface area contributed by atoms with E-state index in [9.17, 15) is 9.59 Å². The molecule has 2 N–H and O–H groups in total. The molecule has 8 heteroatoms. The Labute approximate surface area is 154 Å². The number of benzene rings is 1. The number of nitrogens with zero attached hydrogens (tertiary/aromatic N) is 4. The maximum Gasteiger partial charge on any atom is 0.312 e. The molecule has 3 rings (SSSR count). The van der Waals surface area contributed by atoms with Gasteiger partial charge in [-0.05, 0) is 19.2 Å². The number of nitrogens with two attached hydrogens (primary N) is 1. The molecule has 0 spiro atoms. The van der Waals surface area contributed by atoms with Crippen molar-refractivity contribution in [3.63, 3.8) is 0 Å². The van der Waals surface area contributed by atoms with Gasteiger partial charge in [-0.3, -0.25) is 9.59 Å². The summed E-state index contributed by atoms with van der Waals surface area (Å²) in [7, 11) is 3.62. The average Bonchev–Trinajstić information content (AvgIpc) is 2.68. The summed E-state index contributed by atoms with van der Waals surface area (Å²) in [6.45, 7) is 5.27. The minimum atomic E-state index is -0.385. The van der Waals surface area contributed by atoms with Crippen molar-refractivity contribution in [3.05, 3.63) is 18.2 Å². The fourth-order valence-electron chi connectivity index (χ4n) is 3.34. The van der Waals surface area contributed by atoms with Crippen LogP contribution < -0.4 is 15.4 Å². The molecule has 0 atom stereocenters. The van der Waals surface area contributed by atoms with E-state index in [1.54, 1.807) is 16.9 Å². The second-order valence-corrected chi connectivity index (χ2v) is 6.80. The first kappa shape index (κ1) is 18.3. The molecular formula is C18H27N5O3. The molecule has 0 radical (unpaired) electrons. The van der Waals surface area contributed by atoms with Gasteiger partial charge in [0, 0.05) is 64.1 Å². The zero-order chi connectivity index (χ0) is 18.7. The molecule has 0 bridgehead atoms. The summed E-state index contributed by atoms with van der Waals surface area (Å²) < 4.78 is 5.27. The maximum atomic E-state index is 12.5. The minimum Gasteiger partial charge on any atom is -0.495 e. The van der Waals surface area contributed by atoms with Gasteiger partial charge in [-0.25, -0.2) is 0 Å². The van der Waals surface area contributed by atoms with Crippen molar-refractivity contribution >= 4 is 23.2 Å². The summed E-state index contributed by atoms with van der Waals surface area (Å²) in [4.78, 5) is 32.6. The van der Waals surface area contributed by atoms with E-state index in [-0.39, 0.29) is 11.8 Å². The van der Waals surface area contributed by atoms with Crippen molar-refractivity contribution in [1.29, 1.82) is 0 Å². The van der Waals surface area contributed by atoms with Crippen LogP contribution in [0.5, 0.6) is 5.75 Å². The molecule has 2 aliphatic heterocycles. The molecule has 0 saturated carbocycles. The number of amides is 2. The monoisotopic (exact) mass is 361 g/mol. The Kier molecular flexibility index (Phi) is 5.51. The Hall–Kier alpha value is -2.48. The lowest BCUT2D eigenvalue weighted by Crippen LogP contribution is -2.56. The van der Waals surface area contributed by atoms with Crippen molar-refractivity contribution in [2.75, 3.05) is 77.1 Å². The third-order valence-corrected chi connectivity index (χ3v) is 5.12. The van der Waals surface area contributed by atoms with Crippen LogP contribution in [-0.4, -0.2) is 93.0 Å². The Bertz CT molecular complexity index is 665. The number of hydrogen-bond donors (Lipinski definition) is 1. The van der Waals surface area contributed by atoms with Gasteiger partial charge in [-0.15, -0.1) is 0 Å². The number of methoxy groups -OCH3 is 1. The summed E-state index contributed by atoms with van der Waals surface area (Å²) in [6.07, 6.45) is 0. The Morgan fingerprint density at radius 1 is 0.923 bits per heavy atom. The number of piperazine rings is 2. The number of hydrogen-bond acceptors (Lipinski definition) is 6. The second-order valence-electron chi connectivity index (χ2n) is 6.80. The van der Waals surface area contributed by atoms with Crippen molar-refractivity contribution in [1.82, 2.24) is 14.7 Å². The summed E-state index contributed by atoms with van der Waals surface area (Å²) in [5.74, 6) is -0.115. The van der Waals surface area contributed by atoms with Gasteiger partial charge in [0.2, 0.25) is 0 Å². The second kappa shape index (κ2) is 7.82. The van der Waals surface area contributed by atoms with Gasteiger partial charge in [-0.2, -0.15) is 0 Å². The first-order chi connectivity index (χ1) is 12.5. The molecular weight excluding hydrogens is 334 g/mol. The van der Waals surface area contributed by atoms with Gasteiger partial charge in [0.05, 0.1) is 12.8 Å². The summed E-state index contributed by atoms with van der Waals surface area (Å²) >= 11 is 0. The van der Waals surface area contributed by atoms with E-state index in [4.69, 9.17) is 10.5 Å². The van der Waals surface area contributed by atoms with E-state index in [0.29, 0.717) is 50.7 Å². The van der Waals surface area contributed by atoms with Crippen LogP contribution in [0.1, 0.15) is 0 Å². The zero-order valence-corrected chi connectivity index (χ0v) is 15.5. The van der Waals surface area contributed by atoms with Crippen molar-refractivity contribution in [3.8, 4) is 5.75 Å². The Balaban J connectivity index is 1.56. The van der Waals surface area contributed by atoms with Crippen molar-refractivity contribution in [2.24, 2.45) is 0 Å². The van der Waals surface area contributed by atoms with Crippen LogP contribution in [0.25, 0.3) is 0 Å². The standard InChI is InChI=1S/C18H27N5O3/c1-20-5-7-22(8-6-20)17(24)18(25)23-11-9-21(10-12-23)14-3-4-15(19)16(13-14)26-2/h3-4,13H,5-12,19H2,1-2H3. The van der Waals surface area contributed by atoms with Gasteiger partial charge < -0.3 is 30.1 Å². The van der Waals surface area contributed by atoms with Gasteiger partial charge in [0.25, 0.3) is 0 Å². The number of ether oxygens (including phenoxy) is 1. The van der Waals surface area contributed by atoms with E-state index < -0.39 is 0 Å². The van der Waals surface area contributed by atoms with E-state index in [1.807, 2.05) is 25.2 Å². The van der Waals surface area contributed by atoms with Crippen LogP contribution in [0.15, 0.2) is 18.2 Å². The molecule has 2 heterocycles. The smallest absolute Gasteiger partial charge is 0.312 e. The van der Waals surface area contributed by atoms with Crippen LogP contribution in [0, 0.1) is 0 Å². The van der Waals surface area contributed by atoms with Crippen molar-refractivity contribution in [2.45, 2.75) is 0 Å². The number of anilines is 2. The number of carbonyl (C=O) groups is 2. The van der Waals surface area contributed by atoms with E-state index in [1.165, 1.54) is 0 Å². The normalized spacial score (nSPS) is 18.8. The first-order valence-corrected chi connectivity index (χ1v) is 8.95. The summed E-state index contributed by atoms with van der Waals surface area (Å²) in [5, 5.41) is 0. The minimum absolute atomic E-state index is 0.374. The molecule has 2 amide bonds. The lowest BCUT2D eigenvalue weighted by Gasteiger charge is -2.37. The highest BCUT2D eigenvalue weighted by Crippen LogP contribution is 2.28. The molecule has 1 aromatic rings. The fraction of sp³-hybridized carbons (Fsp3) is 0.556. The molecule has 0 aliphatic carbocycles. The van der Waals surface area contributed by atoms with Gasteiger partial charge in [0.1, 0.15) is 5.75 Å². The van der Waals surface area contributed by atoms with Crippen LogP contribution in [0.3, 0.4) is 0 Å². The lowest BCUT2D eigenvalue weighted by atomic mass is 10.2. The lowest BCUT2D eigenvalue weighted by molar-refractivity contribution is -0.152. The largest absolute Gasteiger partial charge is 0.495 e. The van der Waals surface area contributed by atoms with Crippen LogP contribution in [0.2, 0.25) is 0 Å². The Morgan fingerprint density at radius 2 is 1.46 bits per heavy atom. The predicted molar refractivity (Wildman–Crippen MR) is 100 cm³/mol. The molecule has 26 heavy (non-hydrogen) atoms. The Morgan fingerprint density at radius 3 is 2.00 bits per heavy atom. The molecule has 0 unspecified atom stereocenters.